The highest BCUT2D eigenvalue weighted by molar-refractivity contribution is 7.99. The molecule has 0 bridgehead atoms. The van der Waals surface area contributed by atoms with Gasteiger partial charge in [-0.15, -0.1) is 0 Å². The molecule has 0 aromatic carbocycles. The number of thioether (sulfide) groups is 1. The van der Waals surface area contributed by atoms with Gasteiger partial charge in [-0.25, -0.2) is 4.79 Å². The first-order valence-corrected chi connectivity index (χ1v) is 8.70. The predicted molar refractivity (Wildman–Crippen MR) is 80.0 cm³/mol. The molecule has 3 N–H and O–H groups in total. The lowest BCUT2D eigenvalue weighted by molar-refractivity contribution is -0.142. The van der Waals surface area contributed by atoms with Crippen molar-refractivity contribution in [3.63, 3.8) is 0 Å². The first-order chi connectivity index (χ1) is 9.58. The molecule has 114 valence electrons. The molecule has 5 nitrogen and oxygen atoms in total. The van der Waals surface area contributed by atoms with Crippen molar-refractivity contribution in [3.05, 3.63) is 0 Å². The third-order valence-electron chi connectivity index (χ3n) is 4.46. The lowest BCUT2D eigenvalue weighted by Crippen LogP contribution is -2.47. The van der Waals surface area contributed by atoms with Gasteiger partial charge in [0, 0.05) is 17.3 Å². The molecule has 6 heteroatoms. The Kier molecular flexibility index (Phi) is 5.57. The van der Waals surface area contributed by atoms with Crippen LogP contribution in [0.5, 0.6) is 0 Å². The third kappa shape index (κ3) is 4.30. The zero-order valence-electron chi connectivity index (χ0n) is 11.9. The number of aliphatic carboxylic acids is 1. The van der Waals surface area contributed by atoms with Crippen molar-refractivity contribution < 1.29 is 14.7 Å². The summed E-state index contributed by atoms with van der Waals surface area (Å²) in [6.07, 6.45) is 8.27. The number of hydrogen-bond acceptors (Lipinski definition) is 3. The zero-order chi connectivity index (χ0) is 14.5. The van der Waals surface area contributed by atoms with E-state index in [2.05, 4.69) is 16.9 Å². The standard InChI is InChI=1S/C14H24N2O3S/c1-20-12-7-6-11(8-12)16-14(19)15-10-4-2-9(3-5-10)13(17)18/h9-12H,2-8H2,1H3,(H,17,18)(H2,15,16,19). The quantitative estimate of drug-likeness (QED) is 0.744. The second kappa shape index (κ2) is 7.20. The van der Waals surface area contributed by atoms with Crippen LogP contribution in [0.4, 0.5) is 4.79 Å². The van der Waals surface area contributed by atoms with E-state index in [4.69, 9.17) is 5.11 Å². The summed E-state index contributed by atoms with van der Waals surface area (Å²) in [6.45, 7) is 0. The van der Waals surface area contributed by atoms with Gasteiger partial charge in [0.1, 0.15) is 0 Å². The van der Waals surface area contributed by atoms with Crippen LogP contribution in [0.1, 0.15) is 44.9 Å². The van der Waals surface area contributed by atoms with Crippen molar-refractivity contribution in [2.24, 2.45) is 5.92 Å². The van der Waals surface area contributed by atoms with Crippen LogP contribution in [-0.2, 0) is 4.79 Å². The number of rotatable bonds is 4. The number of carboxylic acids is 1. The van der Waals surface area contributed by atoms with E-state index in [-0.39, 0.29) is 18.0 Å². The summed E-state index contributed by atoms with van der Waals surface area (Å²) in [5, 5.41) is 15.6. The number of urea groups is 1. The normalized spacial score (nSPS) is 33.6. The highest BCUT2D eigenvalue weighted by Crippen LogP contribution is 2.28. The maximum Gasteiger partial charge on any atom is 0.315 e. The summed E-state index contributed by atoms with van der Waals surface area (Å²) in [6, 6.07) is 0.335. The number of hydrogen-bond donors (Lipinski definition) is 3. The van der Waals surface area contributed by atoms with Gasteiger partial charge in [0.25, 0.3) is 0 Å². The minimum Gasteiger partial charge on any atom is -0.481 e. The molecular weight excluding hydrogens is 276 g/mol. The van der Waals surface area contributed by atoms with E-state index in [0.717, 1.165) is 25.7 Å². The fraction of sp³-hybridized carbons (Fsp3) is 0.857. The molecule has 2 aliphatic carbocycles. The lowest BCUT2D eigenvalue weighted by Gasteiger charge is -2.27. The molecule has 0 radical (unpaired) electrons. The van der Waals surface area contributed by atoms with Crippen LogP contribution in [-0.4, -0.2) is 40.7 Å². The molecule has 0 aliphatic heterocycles. The molecule has 2 rings (SSSR count). The number of nitrogens with one attached hydrogen (secondary N) is 2. The van der Waals surface area contributed by atoms with Crippen LogP contribution in [0.25, 0.3) is 0 Å². The maximum absolute atomic E-state index is 11.9. The first kappa shape index (κ1) is 15.5. The predicted octanol–water partition coefficient (Wildman–Crippen LogP) is 2.21. The number of carboxylic acid groups (broad SMARTS) is 1. The van der Waals surface area contributed by atoms with E-state index in [9.17, 15) is 9.59 Å². The summed E-state index contributed by atoms with van der Waals surface area (Å²) < 4.78 is 0. The summed E-state index contributed by atoms with van der Waals surface area (Å²) >= 11 is 1.87. The van der Waals surface area contributed by atoms with E-state index < -0.39 is 5.97 Å². The summed E-state index contributed by atoms with van der Waals surface area (Å²) in [5.74, 6) is -0.935. The van der Waals surface area contributed by atoms with Crippen molar-refractivity contribution in [3.8, 4) is 0 Å². The lowest BCUT2D eigenvalue weighted by atomic mass is 9.86. The Morgan fingerprint density at radius 2 is 1.60 bits per heavy atom. The molecule has 2 fully saturated rings. The summed E-state index contributed by atoms with van der Waals surface area (Å²) in [5.41, 5.74) is 0. The average molecular weight is 300 g/mol. The Balaban J connectivity index is 1.67. The Hall–Kier alpha value is -0.910. The largest absolute Gasteiger partial charge is 0.481 e. The van der Waals surface area contributed by atoms with E-state index in [1.165, 1.54) is 6.42 Å². The average Bonchev–Trinajstić information content (AvgIpc) is 2.86. The van der Waals surface area contributed by atoms with Gasteiger partial charge in [-0.3, -0.25) is 4.79 Å². The van der Waals surface area contributed by atoms with E-state index in [0.29, 0.717) is 24.1 Å². The fourth-order valence-corrected chi connectivity index (χ4v) is 3.98. The summed E-state index contributed by atoms with van der Waals surface area (Å²) in [7, 11) is 0. The van der Waals surface area contributed by atoms with Crippen LogP contribution in [0.3, 0.4) is 0 Å². The topological polar surface area (TPSA) is 78.4 Å². The molecule has 2 atom stereocenters. The van der Waals surface area contributed by atoms with Gasteiger partial charge < -0.3 is 15.7 Å². The Morgan fingerprint density at radius 3 is 2.15 bits per heavy atom. The van der Waals surface area contributed by atoms with Gasteiger partial charge in [0.05, 0.1) is 5.92 Å². The van der Waals surface area contributed by atoms with E-state index in [1.54, 1.807) is 0 Å². The molecule has 0 aromatic rings. The zero-order valence-corrected chi connectivity index (χ0v) is 12.7. The monoisotopic (exact) mass is 300 g/mol. The number of carbonyl (C=O) groups excluding carboxylic acids is 1. The number of carbonyl (C=O) groups is 2. The third-order valence-corrected chi connectivity index (χ3v) is 5.56. The molecule has 0 heterocycles. The van der Waals surface area contributed by atoms with Gasteiger partial charge in [0.2, 0.25) is 0 Å². The highest BCUT2D eigenvalue weighted by atomic mass is 32.2. The fourth-order valence-electron chi connectivity index (χ4n) is 3.18. The van der Waals surface area contributed by atoms with Crippen LogP contribution < -0.4 is 10.6 Å². The van der Waals surface area contributed by atoms with Gasteiger partial charge in [-0.05, 0) is 51.2 Å². The van der Waals surface area contributed by atoms with Crippen LogP contribution in [0, 0.1) is 5.92 Å². The van der Waals surface area contributed by atoms with E-state index in [1.807, 2.05) is 11.8 Å². The molecule has 0 spiro atoms. The molecule has 2 amide bonds. The maximum atomic E-state index is 11.9. The van der Waals surface area contributed by atoms with Gasteiger partial charge in [-0.2, -0.15) is 11.8 Å². The van der Waals surface area contributed by atoms with Gasteiger partial charge in [0.15, 0.2) is 0 Å². The van der Waals surface area contributed by atoms with Crippen LogP contribution in [0.2, 0.25) is 0 Å². The van der Waals surface area contributed by atoms with Crippen molar-refractivity contribution in [2.45, 2.75) is 62.3 Å². The Bertz CT molecular complexity index is 356. The summed E-state index contributed by atoms with van der Waals surface area (Å²) in [4.78, 5) is 22.8. The van der Waals surface area contributed by atoms with Crippen molar-refractivity contribution >= 4 is 23.8 Å². The van der Waals surface area contributed by atoms with Crippen molar-refractivity contribution in [1.29, 1.82) is 0 Å². The van der Waals surface area contributed by atoms with Crippen molar-refractivity contribution in [2.75, 3.05) is 6.26 Å². The second-order valence-corrected chi connectivity index (χ2v) is 7.01. The first-order valence-electron chi connectivity index (χ1n) is 7.41. The van der Waals surface area contributed by atoms with Gasteiger partial charge in [-0.1, -0.05) is 0 Å². The smallest absolute Gasteiger partial charge is 0.315 e. The Labute approximate surface area is 124 Å². The molecule has 20 heavy (non-hydrogen) atoms. The second-order valence-electron chi connectivity index (χ2n) is 5.87. The highest BCUT2D eigenvalue weighted by Gasteiger charge is 2.28. The molecule has 2 aliphatic rings. The van der Waals surface area contributed by atoms with Crippen molar-refractivity contribution in [1.82, 2.24) is 10.6 Å². The van der Waals surface area contributed by atoms with E-state index >= 15 is 0 Å². The molecule has 0 saturated heterocycles. The number of amides is 2. The van der Waals surface area contributed by atoms with Gasteiger partial charge >= 0.3 is 12.0 Å². The SMILES string of the molecule is CSC1CCC(NC(=O)NC2CCC(C(=O)O)CC2)C1. The molecule has 2 saturated carbocycles. The van der Waals surface area contributed by atoms with Crippen LogP contribution >= 0.6 is 11.8 Å². The minimum atomic E-state index is -0.707. The Morgan fingerprint density at radius 1 is 1.00 bits per heavy atom. The molecule has 2 unspecified atom stereocenters. The molecule has 0 aromatic heterocycles. The van der Waals surface area contributed by atoms with Crippen LogP contribution in [0.15, 0.2) is 0 Å². The molecular formula is C14H24N2O3S. The minimum absolute atomic E-state index is 0.0875.